The maximum Gasteiger partial charge on any atom is 0.269 e. The van der Waals surface area contributed by atoms with Gasteiger partial charge in [-0.25, -0.2) is 0 Å². The molecule has 5 heteroatoms. The second-order valence-corrected chi connectivity index (χ2v) is 5.80. The van der Waals surface area contributed by atoms with Gasteiger partial charge in [0, 0.05) is 43.5 Å². The van der Waals surface area contributed by atoms with Gasteiger partial charge in [0.25, 0.3) is 5.69 Å². The Hall–Kier alpha value is -1.88. The van der Waals surface area contributed by atoms with E-state index in [9.17, 15) is 10.1 Å². The highest BCUT2D eigenvalue weighted by Crippen LogP contribution is 2.19. The molecule has 1 saturated heterocycles. The lowest BCUT2D eigenvalue weighted by atomic mass is 10.0. The number of hydrogen-bond acceptors (Lipinski definition) is 4. The zero-order chi connectivity index (χ0) is 15.2. The molecule has 5 nitrogen and oxygen atoms in total. The van der Waals surface area contributed by atoms with Crippen molar-refractivity contribution in [3.63, 3.8) is 0 Å². The third-order valence-corrected chi connectivity index (χ3v) is 3.79. The molecule has 1 aliphatic rings. The molecular weight excluding hydrogens is 266 g/mol. The summed E-state index contributed by atoms with van der Waals surface area (Å²) in [5, 5.41) is 14.1. The summed E-state index contributed by atoms with van der Waals surface area (Å²) in [5.41, 5.74) is 2.46. The molecule has 1 fully saturated rings. The van der Waals surface area contributed by atoms with Crippen LogP contribution in [0.1, 0.15) is 26.7 Å². The van der Waals surface area contributed by atoms with E-state index in [1.165, 1.54) is 5.57 Å². The first-order chi connectivity index (χ1) is 10.0. The van der Waals surface area contributed by atoms with E-state index in [1.807, 2.05) is 0 Å². The van der Waals surface area contributed by atoms with Crippen LogP contribution < -0.4 is 5.32 Å². The lowest BCUT2D eigenvalue weighted by Crippen LogP contribution is -2.39. The van der Waals surface area contributed by atoms with Crippen molar-refractivity contribution in [1.29, 1.82) is 0 Å². The van der Waals surface area contributed by atoms with Gasteiger partial charge in [-0.05, 0) is 38.8 Å². The number of piperidine rings is 1. The third-order valence-electron chi connectivity index (χ3n) is 3.79. The Kier molecular flexibility index (Phi) is 5.33. The lowest BCUT2D eigenvalue weighted by Gasteiger charge is -2.32. The van der Waals surface area contributed by atoms with Gasteiger partial charge in [0.1, 0.15) is 0 Å². The summed E-state index contributed by atoms with van der Waals surface area (Å²) in [7, 11) is 0. The van der Waals surface area contributed by atoms with Crippen molar-refractivity contribution in [1.82, 2.24) is 4.90 Å². The smallest absolute Gasteiger partial charge is 0.269 e. The van der Waals surface area contributed by atoms with Crippen molar-refractivity contribution < 1.29 is 4.92 Å². The first-order valence-electron chi connectivity index (χ1n) is 7.41. The van der Waals surface area contributed by atoms with Crippen LogP contribution in [0.4, 0.5) is 11.4 Å². The van der Waals surface area contributed by atoms with Gasteiger partial charge in [0.15, 0.2) is 0 Å². The van der Waals surface area contributed by atoms with E-state index in [-0.39, 0.29) is 10.6 Å². The Morgan fingerprint density at radius 1 is 1.33 bits per heavy atom. The Balaban J connectivity index is 1.80. The highest BCUT2D eigenvalue weighted by Gasteiger charge is 2.18. The van der Waals surface area contributed by atoms with Gasteiger partial charge in [-0.3, -0.25) is 15.0 Å². The summed E-state index contributed by atoms with van der Waals surface area (Å²) < 4.78 is 0. The fourth-order valence-corrected chi connectivity index (χ4v) is 2.49. The Bertz CT molecular complexity index is 499. The van der Waals surface area contributed by atoms with Crippen molar-refractivity contribution in [3.8, 4) is 0 Å². The summed E-state index contributed by atoms with van der Waals surface area (Å²) in [6, 6.07) is 7.12. The van der Waals surface area contributed by atoms with Crippen molar-refractivity contribution in [3.05, 3.63) is 46.0 Å². The fourth-order valence-electron chi connectivity index (χ4n) is 2.49. The SMILES string of the molecule is CC(C)=CCN1CCC(Nc2ccc([N+](=O)[O-])cc2)CC1. The van der Waals surface area contributed by atoms with Crippen molar-refractivity contribution in [2.24, 2.45) is 0 Å². The number of hydrogen-bond donors (Lipinski definition) is 1. The second kappa shape index (κ2) is 7.22. The van der Waals surface area contributed by atoms with Crippen LogP contribution in [-0.4, -0.2) is 35.5 Å². The number of rotatable bonds is 5. The number of nitro groups is 1. The summed E-state index contributed by atoms with van der Waals surface area (Å²) >= 11 is 0. The molecule has 21 heavy (non-hydrogen) atoms. The quantitative estimate of drug-likeness (QED) is 0.512. The van der Waals surface area contributed by atoms with E-state index in [1.54, 1.807) is 24.3 Å². The second-order valence-electron chi connectivity index (χ2n) is 5.80. The van der Waals surface area contributed by atoms with Gasteiger partial charge in [0.2, 0.25) is 0 Å². The number of benzene rings is 1. The number of nitrogens with zero attached hydrogens (tertiary/aromatic N) is 2. The van der Waals surface area contributed by atoms with Gasteiger partial charge in [-0.1, -0.05) is 11.6 Å². The van der Waals surface area contributed by atoms with E-state index in [0.717, 1.165) is 38.2 Å². The fraction of sp³-hybridized carbons (Fsp3) is 0.500. The topological polar surface area (TPSA) is 58.4 Å². The van der Waals surface area contributed by atoms with Gasteiger partial charge in [-0.2, -0.15) is 0 Å². The molecule has 0 saturated carbocycles. The summed E-state index contributed by atoms with van der Waals surface area (Å²) in [5.74, 6) is 0. The van der Waals surface area contributed by atoms with Crippen molar-refractivity contribution in [2.75, 3.05) is 25.0 Å². The van der Waals surface area contributed by atoms with Crippen LogP contribution in [0, 0.1) is 10.1 Å². The number of allylic oxidation sites excluding steroid dienone is 1. The molecule has 0 aromatic heterocycles. The average Bonchev–Trinajstić information content (AvgIpc) is 2.47. The Morgan fingerprint density at radius 3 is 2.48 bits per heavy atom. The standard InChI is InChI=1S/C16H23N3O2/c1-13(2)7-10-18-11-8-15(9-12-18)17-14-3-5-16(6-4-14)19(20)21/h3-7,15,17H,8-12H2,1-2H3. The highest BCUT2D eigenvalue weighted by molar-refractivity contribution is 5.49. The summed E-state index contributed by atoms with van der Waals surface area (Å²) in [6.45, 7) is 7.47. The van der Waals surface area contributed by atoms with Crippen LogP contribution in [0.5, 0.6) is 0 Å². The van der Waals surface area contributed by atoms with E-state index in [2.05, 4.69) is 30.1 Å². The van der Waals surface area contributed by atoms with Gasteiger partial charge in [0.05, 0.1) is 4.92 Å². The Labute approximate surface area is 125 Å². The minimum atomic E-state index is -0.370. The molecule has 0 radical (unpaired) electrons. The molecule has 1 aliphatic heterocycles. The zero-order valence-corrected chi connectivity index (χ0v) is 12.7. The van der Waals surface area contributed by atoms with Crippen LogP contribution in [0.25, 0.3) is 0 Å². The highest BCUT2D eigenvalue weighted by atomic mass is 16.6. The molecule has 1 aromatic carbocycles. The minimum Gasteiger partial charge on any atom is -0.382 e. The van der Waals surface area contributed by atoms with Crippen LogP contribution in [-0.2, 0) is 0 Å². The minimum absolute atomic E-state index is 0.136. The molecule has 0 bridgehead atoms. The van der Waals surface area contributed by atoms with E-state index in [4.69, 9.17) is 0 Å². The van der Waals surface area contributed by atoms with Crippen molar-refractivity contribution >= 4 is 11.4 Å². The normalized spacial score (nSPS) is 16.5. The van der Waals surface area contributed by atoms with Crippen LogP contribution in [0.3, 0.4) is 0 Å². The number of non-ortho nitro benzene ring substituents is 1. The van der Waals surface area contributed by atoms with E-state index in [0.29, 0.717) is 6.04 Å². The summed E-state index contributed by atoms with van der Waals surface area (Å²) in [6.07, 6.45) is 4.48. The van der Waals surface area contributed by atoms with Gasteiger partial charge in [-0.15, -0.1) is 0 Å². The molecule has 0 unspecified atom stereocenters. The predicted molar refractivity (Wildman–Crippen MR) is 85.6 cm³/mol. The van der Waals surface area contributed by atoms with E-state index >= 15 is 0 Å². The number of anilines is 1. The predicted octanol–water partition coefficient (Wildman–Crippen LogP) is 3.44. The monoisotopic (exact) mass is 289 g/mol. The molecule has 114 valence electrons. The van der Waals surface area contributed by atoms with Gasteiger partial charge >= 0.3 is 0 Å². The molecular formula is C16H23N3O2. The maximum atomic E-state index is 10.6. The van der Waals surface area contributed by atoms with Gasteiger partial charge < -0.3 is 5.32 Å². The molecule has 0 aliphatic carbocycles. The molecule has 0 atom stereocenters. The number of nitro benzene ring substituents is 1. The van der Waals surface area contributed by atoms with Crippen molar-refractivity contribution in [2.45, 2.75) is 32.7 Å². The molecule has 0 spiro atoms. The maximum absolute atomic E-state index is 10.6. The van der Waals surface area contributed by atoms with E-state index < -0.39 is 0 Å². The first kappa shape index (κ1) is 15.5. The molecule has 1 aromatic rings. The van der Waals surface area contributed by atoms with Crippen LogP contribution in [0.15, 0.2) is 35.9 Å². The zero-order valence-electron chi connectivity index (χ0n) is 12.7. The largest absolute Gasteiger partial charge is 0.382 e. The molecule has 1 heterocycles. The molecule has 0 amide bonds. The Morgan fingerprint density at radius 2 is 1.95 bits per heavy atom. The summed E-state index contributed by atoms with van der Waals surface area (Å²) in [4.78, 5) is 12.7. The molecule has 2 rings (SSSR count). The average molecular weight is 289 g/mol. The number of likely N-dealkylation sites (tertiary alicyclic amines) is 1. The molecule has 1 N–H and O–H groups in total. The first-order valence-corrected chi connectivity index (χ1v) is 7.41. The lowest BCUT2D eigenvalue weighted by molar-refractivity contribution is -0.384. The van der Waals surface area contributed by atoms with Crippen LogP contribution in [0.2, 0.25) is 0 Å². The number of nitrogens with one attached hydrogen (secondary N) is 1. The van der Waals surface area contributed by atoms with Crippen LogP contribution >= 0.6 is 0 Å². The third kappa shape index (κ3) is 4.86.